The van der Waals surface area contributed by atoms with Gasteiger partial charge in [0.2, 0.25) is 0 Å². The minimum Gasteiger partial charge on any atom is -0.303 e. The van der Waals surface area contributed by atoms with Gasteiger partial charge in [-0.05, 0) is 18.1 Å². The third-order valence-electron chi connectivity index (χ3n) is 2.81. The highest BCUT2D eigenvalue weighted by atomic mass is 16.2. The van der Waals surface area contributed by atoms with Crippen molar-refractivity contribution < 1.29 is 9.59 Å². The van der Waals surface area contributed by atoms with Crippen molar-refractivity contribution in [2.45, 2.75) is 19.8 Å². The summed E-state index contributed by atoms with van der Waals surface area (Å²) < 4.78 is 0. The van der Waals surface area contributed by atoms with E-state index in [2.05, 4.69) is 5.32 Å². The first-order chi connectivity index (χ1) is 8.72. The molecule has 4 nitrogen and oxygen atoms in total. The summed E-state index contributed by atoms with van der Waals surface area (Å²) in [6, 6.07) is 9.15. The van der Waals surface area contributed by atoms with Gasteiger partial charge in [0.25, 0.3) is 5.91 Å². The SMILES string of the molecule is CCCCN1C(=O)NC(=Cc2ccccc2)C1=O. The van der Waals surface area contributed by atoms with E-state index in [1.165, 1.54) is 4.90 Å². The zero-order chi connectivity index (χ0) is 13.0. The summed E-state index contributed by atoms with van der Waals surface area (Å²) in [6.07, 6.45) is 3.48. The monoisotopic (exact) mass is 244 g/mol. The summed E-state index contributed by atoms with van der Waals surface area (Å²) >= 11 is 0. The van der Waals surface area contributed by atoms with Gasteiger partial charge in [-0.15, -0.1) is 0 Å². The van der Waals surface area contributed by atoms with Crippen molar-refractivity contribution in [2.75, 3.05) is 6.54 Å². The van der Waals surface area contributed by atoms with E-state index in [-0.39, 0.29) is 11.9 Å². The summed E-state index contributed by atoms with van der Waals surface area (Å²) in [7, 11) is 0. The predicted molar refractivity (Wildman–Crippen MR) is 69.6 cm³/mol. The Hall–Kier alpha value is -2.10. The largest absolute Gasteiger partial charge is 0.329 e. The first kappa shape index (κ1) is 12.4. The Kier molecular flexibility index (Phi) is 3.77. The number of urea groups is 1. The number of unbranched alkanes of at least 4 members (excludes halogenated alkanes) is 1. The molecule has 4 heteroatoms. The molecule has 18 heavy (non-hydrogen) atoms. The van der Waals surface area contributed by atoms with E-state index in [1.54, 1.807) is 6.08 Å². The van der Waals surface area contributed by atoms with Crippen LogP contribution in [0.3, 0.4) is 0 Å². The van der Waals surface area contributed by atoms with E-state index in [9.17, 15) is 9.59 Å². The Morgan fingerprint density at radius 3 is 2.61 bits per heavy atom. The van der Waals surface area contributed by atoms with Crippen molar-refractivity contribution in [3.05, 3.63) is 41.6 Å². The molecule has 0 aliphatic carbocycles. The lowest BCUT2D eigenvalue weighted by atomic mass is 10.2. The number of amides is 3. The molecule has 1 fully saturated rings. The van der Waals surface area contributed by atoms with Crippen LogP contribution in [0.25, 0.3) is 6.08 Å². The smallest absolute Gasteiger partial charge is 0.303 e. The van der Waals surface area contributed by atoms with Gasteiger partial charge in [-0.2, -0.15) is 0 Å². The second-order valence-corrected chi connectivity index (χ2v) is 4.21. The van der Waals surface area contributed by atoms with Crippen LogP contribution in [0, 0.1) is 0 Å². The number of nitrogens with one attached hydrogen (secondary N) is 1. The van der Waals surface area contributed by atoms with Crippen LogP contribution in [-0.4, -0.2) is 23.4 Å². The van der Waals surface area contributed by atoms with Crippen molar-refractivity contribution in [1.82, 2.24) is 10.2 Å². The molecule has 1 N–H and O–H groups in total. The molecule has 0 spiro atoms. The Morgan fingerprint density at radius 1 is 1.22 bits per heavy atom. The zero-order valence-corrected chi connectivity index (χ0v) is 10.3. The van der Waals surface area contributed by atoms with Crippen LogP contribution < -0.4 is 5.32 Å². The van der Waals surface area contributed by atoms with E-state index >= 15 is 0 Å². The van der Waals surface area contributed by atoms with E-state index in [4.69, 9.17) is 0 Å². The maximum absolute atomic E-state index is 12.0. The van der Waals surface area contributed by atoms with Crippen LogP contribution in [0.4, 0.5) is 4.79 Å². The number of benzene rings is 1. The molecule has 1 saturated heterocycles. The van der Waals surface area contributed by atoms with Gasteiger partial charge >= 0.3 is 6.03 Å². The quantitative estimate of drug-likeness (QED) is 0.653. The zero-order valence-electron chi connectivity index (χ0n) is 10.3. The molecule has 3 amide bonds. The second kappa shape index (κ2) is 5.49. The molecule has 1 aliphatic rings. The van der Waals surface area contributed by atoms with Crippen LogP contribution in [0.2, 0.25) is 0 Å². The Morgan fingerprint density at radius 2 is 1.94 bits per heavy atom. The van der Waals surface area contributed by atoms with Gasteiger partial charge in [-0.3, -0.25) is 9.69 Å². The van der Waals surface area contributed by atoms with E-state index < -0.39 is 0 Å². The van der Waals surface area contributed by atoms with Crippen molar-refractivity contribution in [1.29, 1.82) is 0 Å². The summed E-state index contributed by atoms with van der Waals surface area (Å²) in [5.74, 6) is -0.239. The van der Waals surface area contributed by atoms with Crippen LogP contribution >= 0.6 is 0 Å². The minimum atomic E-state index is -0.323. The van der Waals surface area contributed by atoms with Crippen molar-refractivity contribution in [3.63, 3.8) is 0 Å². The molecule has 0 unspecified atom stereocenters. The molecule has 0 radical (unpaired) electrons. The molecule has 0 saturated carbocycles. The fourth-order valence-corrected chi connectivity index (χ4v) is 1.81. The maximum Gasteiger partial charge on any atom is 0.329 e. The molecule has 1 aromatic carbocycles. The van der Waals surface area contributed by atoms with Crippen molar-refractivity contribution >= 4 is 18.0 Å². The summed E-state index contributed by atoms with van der Waals surface area (Å²) in [4.78, 5) is 24.9. The fraction of sp³-hybridized carbons (Fsp3) is 0.286. The van der Waals surface area contributed by atoms with Gasteiger partial charge < -0.3 is 5.32 Å². The second-order valence-electron chi connectivity index (χ2n) is 4.21. The van der Waals surface area contributed by atoms with Crippen molar-refractivity contribution in [3.8, 4) is 0 Å². The number of nitrogens with zero attached hydrogens (tertiary/aromatic N) is 1. The van der Waals surface area contributed by atoms with Crippen LogP contribution in [-0.2, 0) is 4.79 Å². The van der Waals surface area contributed by atoms with Crippen molar-refractivity contribution in [2.24, 2.45) is 0 Å². The van der Waals surface area contributed by atoms with E-state index in [0.29, 0.717) is 12.2 Å². The average Bonchev–Trinajstić information content (AvgIpc) is 2.64. The van der Waals surface area contributed by atoms with Gasteiger partial charge in [0, 0.05) is 6.54 Å². The van der Waals surface area contributed by atoms with E-state index in [1.807, 2.05) is 37.3 Å². The van der Waals surface area contributed by atoms with Gasteiger partial charge in [0.05, 0.1) is 0 Å². The summed E-state index contributed by atoms with van der Waals surface area (Å²) in [6.45, 7) is 2.51. The molecule has 0 bridgehead atoms. The highest BCUT2D eigenvalue weighted by Gasteiger charge is 2.32. The van der Waals surface area contributed by atoms with E-state index in [0.717, 1.165) is 18.4 Å². The lowest BCUT2D eigenvalue weighted by molar-refractivity contribution is -0.122. The molecule has 94 valence electrons. The van der Waals surface area contributed by atoms with Gasteiger partial charge in [-0.1, -0.05) is 43.7 Å². The number of hydrogen-bond donors (Lipinski definition) is 1. The number of rotatable bonds is 4. The number of carbonyl (C=O) groups is 2. The topological polar surface area (TPSA) is 49.4 Å². The summed E-state index contributed by atoms with van der Waals surface area (Å²) in [5.41, 5.74) is 1.25. The molecule has 2 rings (SSSR count). The fourth-order valence-electron chi connectivity index (χ4n) is 1.81. The maximum atomic E-state index is 12.0. The number of imide groups is 1. The molecular formula is C14H16N2O2. The van der Waals surface area contributed by atoms with Gasteiger partial charge in [0.1, 0.15) is 5.70 Å². The van der Waals surface area contributed by atoms with Crippen LogP contribution in [0.15, 0.2) is 36.0 Å². The van der Waals surface area contributed by atoms with Crippen LogP contribution in [0.5, 0.6) is 0 Å². The standard InChI is InChI=1S/C14H16N2O2/c1-2-3-9-16-13(17)12(15-14(16)18)10-11-7-5-4-6-8-11/h4-8,10H,2-3,9H2,1H3,(H,15,18). The number of carbonyl (C=O) groups excluding carboxylic acids is 2. The minimum absolute atomic E-state index is 0.239. The predicted octanol–water partition coefficient (Wildman–Crippen LogP) is 2.38. The highest BCUT2D eigenvalue weighted by molar-refractivity contribution is 6.13. The van der Waals surface area contributed by atoms with Gasteiger partial charge in [-0.25, -0.2) is 4.79 Å². The lowest BCUT2D eigenvalue weighted by Crippen LogP contribution is -2.31. The third-order valence-corrected chi connectivity index (χ3v) is 2.81. The summed E-state index contributed by atoms with van der Waals surface area (Å²) in [5, 5.41) is 2.61. The van der Waals surface area contributed by atoms with Gasteiger partial charge in [0.15, 0.2) is 0 Å². The molecule has 0 aromatic heterocycles. The highest BCUT2D eigenvalue weighted by Crippen LogP contribution is 2.14. The average molecular weight is 244 g/mol. The Bertz CT molecular complexity index is 480. The first-order valence-corrected chi connectivity index (χ1v) is 6.12. The lowest BCUT2D eigenvalue weighted by Gasteiger charge is -2.09. The number of hydrogen-bond acceptors (Lipinski definition) is 2. The first-order valence-electron chi connectivity index (χ1n) is 6.12. The van der Waals surface area contributed by atoms with Crippen LogP contribution in [0.1, 0.15) is 25.3 Å². The Labute approximate surface area is 106 Å². The Balaban J connectivity index is 2.15. The molecule has 1 heterocycles. The molecule has 1 aliphatic heterocycles. The molecular weight excluding hydrogens is 228 g/mol. The normalized spacial score (nSPS) is 17.4. The molecule has 1 aromatic rings. The molecule has 0 atom stereocenters. The third kappa shape index (κ3) is 2.59.